The van der Waals surface area contributed by atoms with Gasteiger partial charge in [0.05, 0.1) is 5.69 Å². The summed E-state index contributed by atoms with van der Waals surface area (Å²) in [5.41, 5.74) is 3.55. The van der Waals surface area contributed by atoms with Crippen molar-refractivity contribution in [3.63, 3.8) is 0 Å². The molecule has 1 aromatic carbocycles. The van der Waals surface area contributed by atoms with Gasteiger partial charge in [-0.3, -0.25) is 14.1 Å². The fraction of sp³-hybridized carbons (Fsp3) is 0.300. The van der Waals surface area contributed by atoms with Gasteiger partial charge < -0.3 is 4.98 Å². The molecule has 0 bridgehead atoms. The van der Waals surface area contributed by atoms with E-state index < -0.39 is 0 Å². The Hall–Kier alpha value is -2.44. The molecular weight excluding hydrogens is 344 g/mol. The van der Waals surface area contributed by atoms with Crippen molar-refractivity contribution in [1.29, 1.82) is 0 Å². The highest BCUT2D eigenvalue weighted by Gasteiger charge is 2.23. The summed E-state index contributed by atoms with van der Waals surface area (Å²) >= 11 is 1.51. The molecule has 4 heterocycles. The number of aromatic amines is 1. The van der Waals surface area contributed by atoms with Crippen LogP contribution < -0.4 is 5.56 Å². The van der Waals surface area contributed by atoms with Crippen LogP contribution in [0.2, 0.25) is 0 Å². The number of hydrogen-bond donors (Lipinski definition) is 1. The molecule has 0 saturated carbocycles. The van der Waals surface area contributed by atoms with Gasteiger partial charge in [-0.15, -0.1) is 11.3 Å². The number of benzene rings is 1. The molecule has 4 aromatic rings. The highest BCUT2D eigenvalue weighted by Crippen LogP contribution is 2.33. The molecule has 132 valence electrons. The van der Waals surface area contributed by atoms with Crippen LogP contribution in [0.3, 0.4) is 0 Å². The van der Waals surface area contributed by atoms with Gasteiger partial charge in [-0.2, -0.15) is 0 Å². The molecule has 1 N–H and O–H groups in total. The van der Waals surface area contributed by atoms with Crippen LogP contribution in [0, 0.1) is 0 Å². The molecule has 1 aliphatic heterocycles. The number of nitrogens with one attached hydrogen (secondary N) is 1. The van der Waals surface area contributed by atoms with Gasteiger partial charge in [0.25, 0.3) is 5.56 Å². The number of thiazole rings is 1. The van der Waals surface area contributed by atoms with Crippen molar-refractivity contribution in [2.45, 2.75) is 25.3 Å². The number of para-hydroxylation sites is 1. The Morgan fingerprint density at radius 3 is 2.96 bits per heavy atom. The molecule has 6 heteroatoms. The number of hydrogen-bond acceptors (Lipinski definition) is 4. The second-order valence-corrected chi connectivity index (χ2v) is 7.85. The first-order valence-electron chi connectivity index (χ1n) is 9.02. The van der Waals surface area contributed by atoms with Crippen molar-refractivity contribution in [3.8, 4) is 0 Å². The Morgan fingerprint density at radius 1 is 1.23 bits per heavy atom. The summed E-state index contributed by atoms with van der Waals surface area (Å²) in [4.78, 5) is 23.4. The minimum Gasteiger partial charge on any atom is -0.361 e. The summed E-state index contributed by atoms with van der Waals surface area (Å²) in [6, 6.07) is 10.2. The largest absolute Gasteiger partial charge is 0.361 e. The van der Waals surface area contributed by atoms with Crippen molar-refractivity contribution in [3.05, 3.63) is 69.7 Å². The predicted molar refractivity (Wildman–Crippen MR) is 105 cm³/mol. The fourth-order valence-corrected chi connectivity index (χ4v) is 4.77. The highest BCUT2D eigenvalue weighted by atomic mass is 32.1. The average molecular weight is 364 g/mol. The zero-order valence-electron chi connectivity index (χ0n) is 14.4. The van der Waals surface area contributed by atoms with Gasteiger partial charge in [-0.05, 0) is 43.5 Å². The third-order valence-corrected chi connectivity index (χ3v) is 6.15. The first kappa shape index (κ1) is 15.8. The Balaban J connectivity index is 1.30. The summed E-state index contributed by atoms with van der Waals surface area (Å²) in [5.74, 6) is 0.598. The third-order valence-electron chi connectivity index (χ3n) is 5.39. The van der Waals surface area contributed by atoms with E-state index in [1.165, 1.54) is 27.8 Å². The maximum absolute atomic E-state index is 12.1. The third kappa shape index (κ3) is 2.75. The van der Waals surface area contributed by atoms with Crippen LogP contribution in [-0.4, -0.2) is 32.4 Å². The van der Waals surface area contributed by atoms with Crippen molar-refractivity contribution in [2.75, 3.05) is 13.1 Å². The summed E-state index contributed by atoms with van der Waals surface area (Å²) in [6.07, 6.45) is 6.24. The van der Waals surface area contributed by atoms with Gasteiger partial charge in [0, 0.05) is 41.3 Å². The molecule has 0 aliphatic carbocycles. The molecule has 0 amide bonds. The monoisotopic (exact) mass is 364 g/mol. The van der Waals surface area contributed by atoms with Crippen molar-refractivity contribution < 1.29 is 0 Å². The summed E-state index contributed by atoms with van der Waals surface area (Å²) in [5, 5.41) is 3.25. The van der Waals surface area contributed by atoms with E-state index in [2.05, 4.69) is 45.3 Å². The highest BCUT2D eigenvalue weighted by molar-refractivity contribution is 7.15. The molecule has 5 nitrogen and oxygen atoms in total. The molecule has 3 aromatic heterocycles. The molecule has 0 spiro atoms. The maximum atomic E-state index is 12.1. The van der Waals surface area contributed by atoms with Gasteiger partial charge in [0.1, 0.15) is 0 Å². The zero-order chi connectivity index (χ0) is 17.5. The van der Waals surface area contributed by atoms with E-state index in [0.717, 1.165) is 43.1 Å². The van der Waals surface area contributed by atoms with E-state index in [1.807, 2.05) is 5.38 Å². The second kappa shape index (κ2) is 6.37. The van der Waals surface area contributed by atoms with Crippen molar-refractivity contribution in [2.24, 2.45) is 0 Å². The lowest BCUT2D eigenvalue weighted by Crippen LogP contribution is -2.33. The predicted octanol–water partition coefficient (Wildman–Crippen LogP) is 3.62. The van der Waals surface area contributed by atoms with Crippen molar-refractivity contribution in [1.82, 2.24) is 19.3 Å². The number of piperidine rings is 1. The lowest BCUT2D eigenvalue weighted by Gasteiger charge is -2.31. The van der Waals surface area contributed by atoms with E-state index in [0.29, 0.717) is 5.92 Å². The molecule has 0 radical (unpaired) electrons. The standard InChI is InChI=1S/C20H20N4OS/c25-19-11-15(22-20-24(19)9-10-26-20)13-23-7-5-14(6-8-23)17-12-21-18-4-2-1-3-16(17)18/h1-4,9-12,14,21H,5-8,13H2. The van der Waals surface area contributed by atoms with Gasteiger partial charge in [-0.25, -0.2) is 4.98 Å². The number of nitrogens with zero attached hydrogens (tertiary/aromatic N) is 3. The molecule has 1 saturated heterocycles. The van der Waals surface area contributed by atoms with Crippen LogP contribution >= 0.6 is 11.3 Å². The first-order chi connectivity index (χ1) is 12.8. The Morgan fingerprint density at radius 2 is 2.08 bits per heavy atom. The topological polar surface area (TPSA) is 53.4 Å². The van der Waals surface area contributed by atoms with Crippen LogP contribution in [-0.2, 0) is 6.54 Å². The Labute approximate surface area is 154 Å². The molecule has 0 atom stereocenters. The van der Waals surface area contributed by atoms with E-state index >= 15 is 0 Å². The molecule has 26 heavy (non-hydrogen) atoms. The van der Waals surface area contributed by atoms with Crippen LogP contribution in [0.25, 0.3) is 15.9 Å². The second-order valence-electron chi connectivity index (χ2n) is 6.98. The minimum absolute atomic E-state index is 0.0138. The van der Waals surface area contributed by atoms with Crippen LogP contribution in [0.5, 0.6) is 0 Å². The minimum atomic E-state index is 0.0138. The van der Waals surface area contributed by atoms with Gasteiger partial charge in [0.2, 0.25) is 0 Å². The summed E-state index contributed by atoms with van der Waals surface area (Å²) in [7, 11) is 0. The lowest BCUT2D eigenvalue weighted by atomic mass is 9.89. The van der Waals surface area contributed by atoms with E-state index in [-0.39, 0.29) is 5.56 Å². The van der Waals surface area contributed by atoms with E-state index in [9.17, 15) is 4.79 Å². The number of aromatic nitrogens is 3. The SMILES string of the molecule is O=c1cc(CN2CCC(c3c[nH]c4ccccc34)CC2)nc2sccn12. The molecule has 1 aliphatic rings. The maximum Gasteiger partial charge on any atom is 0.258 e. The van der Waals surface area contributed by atoms with Crippen LogP contribution in [0.4, 0.5) is 0 Å². The first-order valence-corrected chi connectivity index (χ1v) is 9.90. The van der Waals surface area contributed by atoms with Gasteiger partial charge in [0.15, 0.2) is 4.96 Å². The smallest absolute Gasteiger partial charge is 0.258 e. The fourth-order valence-electron chi connectivity index (χ4n) is 4.03. The summed E-state index contributed by atoms with van der Waals surface area (Å²) in [6.45, 7) is 2.83. The normalized spacial score (nSPS) is 16.6. The number of rotatable bonds is 3. The van der Waals surface area contributed by atoms with E-state index in [4.69, 9.17) is 0 Å². The quantitative estimate of drug-likeness (QED) is 0.604. The number of likely N-dealkylation sites (tertiary alicyclic amines) is 1. The zero-order valence-corrected chi connectivity index (χ0v) is 15.2. The molecular formula is C20H20N4OS. The van der Waals surface area contributed by atoms with E-state index in [1.54, 1.807) is 16.7 Å². The Bertz CT molecular complexity index is 1120. The van der Waals surface area contributed by atoms with Crippen LogP contribution in [0.15, 0.2) is 52.9 Å². The number of H-pyrrole nitrogens is 1. The molecule has 1 fully saturated rings. The average Bonchev–Trinajstić information content (AvgIpc) is 3.29. The molecule has 5 rings (SSSR count). The lowest BCUT2D eigenvalue weighted by molar-refractivity contribution is 0.203. The molecule has 0 unspecified atom stereocenters. The Kier molecular flexibility index (Phi) is 3.87. The van der Waals surface area contributed by atoms with Crippen LogP contribution in [0.1, 0.15) is 30.0 Å². The van der Waals surface area contributed by atoms with Gasteiger partial charge in [-0.1, -0.05) is 18.2 Å². The van der Waals surface area contributed by atoms with Gasteiger partial charge >= 0.3 is 0 Å². The summed E-state index contributed by atoms with van der Waals surface area (Å²) < 4.78 is 1.61. The van der Waals surface area contributed by atoms with Crippen molar-refractivity contribution >= 4 is 27.2 Å². The number of fused-ring (bicyclic) bond motifs is 2.